The number of hydrogen-bond donors (Lipinski definition) is 3. The number of aliphatic hydroxyl groups is 1. The lowest BCUT2D eigenvalue weighted by Crippen LogP contribution is -2.31. The van der Waals surface area contributed by atoms with Crippen LogP contribution in [0.5, 0.6) is 0 Å². The molecule has 1 aliphatic heterocycles. The lowest BCUT2D eigenvalue weighted by molar-refractivity contribution is -0.0916. The summed E-state index contributed by atoms with van der Waals surface area (Å²) >= 11 is 0. The Hall–Kier alpha value is -1.83. The standard InChI is InChI=1S/C12H13N3O/c13-7-9-8-15(5-6-16)11-4-2-1-3-10(11)12(9)14/h1-4,8,12,16H,5-6,14H2/p+1. The molecule has 4 heteroatoms. The third-order valence-electron chi connectivity index (χ3n) is 2.70. The molecule has 0 aromatic heterocycles. The summed E-state index contributed by atoms with van der Waals surface area (Å²) in [5.41, 5.74) is 8.61. The molecule has 0 radical (unpaired) electrons. The van der Waals surface area contributed by atoms with E-state index in [1.54, 1.807) is 6.20 Å². The van der Waals surface area contributed by atoms with Gasteiger partial charge in [-0.15, -0.1) is 0 Å². The van der Waals surface area contributed by atoms with Crippen molar-refractivity contribution in [1.82, 2.24) is 0 Å². The van der Waals surface area contributed by atoms with E-state index in [4.69, 9.17) is 16.1 Å². The summed E-state index contributed by atoms with van der Waals surface area (Å²) in [7, 11) is 0. The van der Waals surface area contributed by atoms with Gasteiger partial charge >= 0.3 is 6.07 Å². The molecule has 4 N–H and O–H groups in total. The van der Waals surface area contributed by atoms with Gasteiger partial charge in [0, 0.05) is 18.4 Å². The van der Waals surface area contributed by atoms with Crippen molar-refractivity contribution in [2.75, 3.05) is 18.1 Å². The van der Waals surface area contributed by atoms with Gasteiger partial charge < -0.3 is 15.7 Å². The number of para-hydroxylation sites is 1. The second kappa shape index (κ2) is 4.35. The number of rotatable bonds is 2. The van der Waals surface area contributed by atoms with Gasteiger partial charge in [-0.3, -0.25) is 0 Å². The molecule has 4 nitrogen and oxygen atoms in total. The Balaban J connectivity index is 2.47. The Kier molecular flexibility index (Phi) is 2.91. The first-order chi connectivity index (χ1) is 7.77. The van der Waals surface area contributed by atoms with E-state index in [-0.39, 0.29) is 12.6 Å². The van der Waals surface area contributed by atoms with Gasteiger partial charge in [-0.05, 0) is 11.6 Å². The van der Waals surface area contributed by atoms with Crippen molar-refractivity contribution in [3.05, 3.63) is 41.6 Å². The average molecular weight is 216 g/mol. The van der Waals surface area contributed by atoms with Crippen molar-refractivity contribution in [3.8, 4) is 6.07 Å². The lowest BCUT2D eigenvalue weighted by Gasteiger charge is -2.29. The minimum atomic E-state index is -0.302. The van der Waals surface area contributed by atoms with Gasteiger partial charge in [0.2, 0.25) is 0 Å². The lowest BCUT2D eigenvalue weighted by atomic mass is 9.95. The highest BCUT2D eigenvalue weighted by Gasteiger charge is 2.25. The molecule has 16 heavy (non-hydrogen) atoms. The van der Waals surface area contributed by atoms with E-state index < -0.39 is 0 Å². The number of aliphatic hydroxyl groups excluding tert-OH is 1. The van der Waals surface area contributed by atoms with Gasteiger partial charge in [0.15, 0.2) is 0 Å². The molecule has 2 rings (SSSR count). The molecular weight excluding hydrogens is 202 g/mol. The van der Waals surface area contributed by atoms with Gasteiger partial charge in [-0.25, -0.2) is 0 Å². The Bertz CT molecular complexity index is 462. The van der Waals surface area contributed by atoms with Crippen molar-refractivity contribution in [2.24, 2.45) is 5.73 Å². The van der Waals surface area contributed by atoms with Crippen molar-refractivity contribution >= 4 is 5.69 Å². The molecule has 0 spiro atoms. The Morgan fingerprint density at radius 1 is 1.44 bits per heavy atom. The first-order valence-corrected chi connectivity index (χ1v) is 5.14. The molecule has 82 valence electrons. The van der Waals surface area contributed by atoms with Crippen molar-refractivity contribution in [3.63, 3.8) is 0 Å². The SMILES string of the molecule is [NH+]#CC1=CN(CCO)c2ccccc2C1N. The molecule has 1 atom stereocenters. The zero-order chi connectivity index (χ0) is 11.5. The Morgan fingerprint density at radius 2 is 2.19 bits per heavy atom. The minimum absolute atomic E-state index is 0.0609. The summed E-state index contributed by atoms with van der Waals surface area (Å²) in [6.45, 7) is 0.556. The van der Waals surface area contributed by atoms with Gasteiger partial charge in [0.25, 0.3) is 0 Å². The molecule has 0 bridgehead atoms. The van der Waals surface area contributed by atoms with Crippen molar-refractivity contribution in [2.45, 2.75) is 6.04 Å². The second-order valence-electron chi connectivity index (χ2n) is 3.66. The fraction of sp³-hybridized carbons (Fsp3) is 0.250. The molecule has 0 saturated heterocycles. The van der Waals surface area contributed by atoms with Crippen LogP contribution in [0.4, 0.5) is 5.69 Å². The quantitative estimate of drug-likeness (QED) is 0.603. The fourth-order valence-corrected chi connectivity index (χ4v) is 1.90. The number of benzene rings is 1. The van der Waals surface area contributed by atoms with Crippen LogP contribution in [-0.2, 0) is 0 Å². The number of fused-ring (bicyclic) bond motifs is 1. The number of hydrogen-bond acceptors (Lipinski definition) is 3. The van der Waals surface area contributed by atoms with E-state index in [9.17, 15) is 0 Å². The maximum atomic E-state index is 9.00. The first-order valence-electron chi connectivity index (χ1n) is 5.14. The van der Waals surface area contributed by atoms with Gasteiger partial charge in [0.05, 0.1) is 12.6 Å². The average Bonchev–Trinajstić information content (AvgIpc) is 2.33. The highest BCUT2D eigenvalue weighted by atomic mass is 16.3. The van der Waals surface area contributed by atoms with Crippen molar-refractivity contribution < 1.29 is 10.4 Å². The molecule has 1 heterocycles. The molecule has 1 unspecified atom stereocenters. The van der Waals surface area contributed by atoms with Crippen LogP contribution in [0.2, 0.25) is 0 Å². The number of nitrogens with zero attached hydrogens (tertiary/aromatic N) is 1. The summed E-state index contributed by atoms with van der Waals surface area (Å²) in [6.07, 6.45) is 1.77. The van der Waals surface area contributed by atoms with Crippen LogP contribution in [-0.4, -0.2) is 18.3 Å². The summed E-state index contributed by atoms with van der Waals surface area (Å²) in [5.74, 6) is 0. The van der Waals surface area contributed by atoms with E-state index in [0.717, 1.165) is 11.3 Å². The molecular formula is C12H14N3O+. The van der Waals surface area contributed by atoms with E-state index >= 15 is 0 Å². The van der Waals surface area contributed by atoms with E-state index in [2.05, 4.69) is 6.07 Å². The topological polar surface area (TPSA) is 73.3 Å². The van der Waals surface area contributed by atoms with Crippen LogP contribution in [0.15, 0.2) is 36.0 Å². The summed E-state index contributed by atoms with van der Waals surface area (Å²) in [4.78, 5) is 1.90. The minimum Gasteiger partial charge on any atom is -0.395 e. The van der Waals surface area contributed by atoms with Gasteiger partial charge in [-0.2, -0.15) is 0 Å². The summed E-state index contributed by atoms with van der Waals surface area (Å²) in [6, 6.07) is 9.80. The van der Waals surface area contributed by atoms with E-state index in [0.29, 0.717) is 12.1 Å². The van der Waals surface area contributed by atoms with Crippen LogP contribution < -0.4 is 15.9 Å². The monoisotopic (exact) mass is 216 g/mol. The zero-order valence-corrected chi connectivity index (χ0v) is 8.85. The predicted molar refractivity (Wildman–Crippen MR) is 60.7 cm³/mol. The number of nitrogens with one attached hydrogen (secondary N) is 1. The number of β-amino-alcohol motifs (C(OH)–C–C–N with tert-alkyl or cyclic N) is 1. The number of anilines is 1. The van der Waals surface area contributed by atoms with Gasteiger partial charge in [-0.1, -0.05) is 23.5 Å². The summed E-state index contributed by atoms with van der Waals surface area (Å²) in [5, 5.41) is 16.2. The fourth-order valence-electron chi connectivity index (χ4n) is 1.90. The zero-order valence-electron chi connectivity index (χ0n) is 8.85. The molecule has 0 aliphatic carbocycles. The van der Waals surface area contributed by atoms with Crippen LogP contribution in [0.1, 0.15) is 11.6 Å². The third-order valence-corrected chi connectivity index (χ3v) is 2.70. The van der Waals surface area contributed by atoms with Crippen molar-refractivity contribution in [1.29, 1.82) is 0 Å². The molecule has 0 fully saturated rings. The van der Waals surface area contributed by atoms with E-state index in [1.165, 1.54) is 0 Å². The highest BCUT2D eigenvalue weighted by molar-refractivity contribution is 5.63. The number of nitrogens with two attached hydrogens (primary N) is 1. The Labute approximate surface area is 94.2 Å². The molecule has 1 aromatic rings. The largest absolute Gasteiger partial charge is 0.395 e. The first kappa shape index (κ1) is 10.7. The normalized spacial score (nSPS) is 18.7. The van der Waals surface area contributed by atoms with E-state index in [1.807, 2.05) is 29.2 Å². The van der Waals surface area contributed by atoms with Crippen LogP contribution >= 0.6 is 0 Å². The van der Waals surface area contributed by atoms with Crippen LogP contribution in [0, 0.1) is 6.07 Å². The highest BCUT2D eigenvalue weighted by Crippen LogP contribution is 2.33. The molecule has 0 saturated carbocycles. The molecule has 0 amide bonds. The maximum Gasteiger partial charge on any atom is 0.307 e. The van der Waals surface area contributed by atoms with Crippen LogP contribution in [0.25, 0.3) is 0 Å². The maximum absolute atomic E-state index is 9.00. The second-order valence-corrected chi connectivity index (χ2v) is 3.66. The third kappa shape index (κ3) is 1.67. The molecule has 1 aliphatic rings. The Morgan fingerprint density at radius 3 is 2.88 bits per heavy atom. The smallest absolute Gasteiger partial charge is 0.307 e. The van der Waals surface area contributed by atoms with Crippen LogP contribution in [0.3, 0.4) is 0 Å². The summed E-state index contributed by atoms with van der Waals surface area (Å²) < 4.78 is 0. The van der Waals surface area contributed by atoms with Gasteiger partial charge in [0.1, 0.15) is 5.57 Å². The molecule has 1 aromatic carbocycles. The predicted octanol–water partition coefficient (Wildman–Crippen LogP) is -0.845.